The van der Waals surface area contributed by atoms with Gasteiger partial charge in [0.25, 0.3) is 0 Å². The number of hydrogen-bond acceptors (Lipinski definition) is 0. The van der Waals surface area contributed by atoms with E-state index in [0.29, 0.717) is 0 Å². The molecule has 0 amide bonds. The predicted octanol–water partition coefficient (Wildman–Crippen LogP) is 0.556. The second-order valence-electron chi connectivity index (χ2n) is 10.9. The molecule has 0 unspecified atom stereocenters. The van der Waals surface area contributed by atoms with Crippen LogP contribution >= 0.6 is 0 Å². The maximum atomic E-state index is 6.58. The van der Waals surface area contributed by atoms with Crippen molar-refractivity contribution in [3.8, 4) is 515 Å². The van der Waals surface area contributed by atoms with Crippen LogP contribution in [-0.4, -0.2) is 0 Å². The number of hydrogen-bond donors (Lipinski definition) is 0. The van der Waals surface area contributed by atoms with Gasteiger partial charge in [0.2, 0.25) is 0 Å². The molecule has 0 aliphatic heterocycles. The Bertz CT molecular complexity index is 6150. The van der Waals surface area contributed by atoms with E-state index in [0.717, 1.165) is 0 Å². The van der Waals surface area contributed by atoms with Gasteiger partial charge >= 0.3 is 0 Å². The third-order valence-electron chi connectivity index (χ3n) is 5.40. The van der Waals surface area contributed by atoms with Crippen molar-refractivity contribution in [2.24, 2.45) is 0 Å². The first-order valence-electron chi connectivity index (χ1n) is 22.1. The molecule has 0 bridgehead atoms. The van der Waals surface area contributed by atoms with E-state index in [1.54, 1.807) is 0 Å². The maximum Gasteiger partial charge on any atom is 0 e. The summed E-state index contributed by atoms with van der Waals surface area (Å²) in [4.78, 5) is 0. The van der Waals surface area contributed by atoms with Crippen molar-refractivity contribution in [3.05, 3.63) is 13.3 Å². The van der Waals surface area contributed by atoms with Crippen molar-refractivity contribution in [2.75, 3.05) is 0 Å². The molecular weight excluding hydrogens is 1070 g/mol. The summed E-state index contributed by atoms with van der Waals surface area (Å²) < 4.78 is 0. The molecule has 0 aromatic rings. The van der Waals surface area contributed by atoms with Crippen LogP contribution in [0.5, 0.6) is 0 Å². The lowest BCUT2D eigenvalue weighted by Gasteiger charge is -1.64. The van der Waals surface area contributed by atoms with Gasteiger partial charge in [-0.05, 0) is 94.7 Å². The summed E-state index contributed by atoms with van der Waals surface area (Å²) >= 11 is 0. The van der Waals surface area contributed by atoms with E-state index in [1.807, 2.05) is 5.92 Å². The lowest BCUT2D eigenvalue weighted by Crippen LogP contribution is -1.57. The van der Waals surface area contributed by atoms with E-state index in [9.17, 15) is 0 Å². The smallest absolute Gasteiger partial charge is 0 e. The molecule has 0 atom stereocenters. The predicted molar refractivity (Wildman–Crippen MR) is 347 cm³/mol. The quantitative estimate of drug-likeness (QED) is 0.246. The minimum atomic E-state index is 1.87. The zero-order chi connectivity index (χ0) is 63.5. The van der Waals surface area contributed by atoms with Crippen molar-refractivity contribution in [1.29, 1.82) is 0 Å². The molecule has 0 heterocycles. The molecule has 0 saturated heterocycles. The highest BCUT2D eigenvalue weighted by atomic mass is 13.7. The summed E-state index contributed by atoms with van der Waals surface area (Å²) in [7, 11) is 0. The molecule has 0 aromatic carbocycles. The van der Waals surface area contributed by atoms with E-state index < -0.39 is 0 Å². The molecular formula is C89H2-2. The van der Waals surface area contributed by atoms with E-state index in [-0.39, 0.29) is 0 Å². The van der Waals surface area contributed by atoms with Crippen LogP contribution in [0, 0.1) is 528 Å². The van der Waals surface area contributed by atoms with Gasteiger partial charge in [-0.15, -0.1) is 11.8 Å². The Hall–Kier alpha value is -19.5. The maximum absolute atomic E-state index is 6.58. The van der Waals surface area contributed by atoms with Gasteiger partial charge in [0.05, 0.1) is 0 Å². The Morgan fingerprint density at radius 2 is 0.146 bits per heavy atom. The second kappa shape index (κ2) is 68.5. The fourth-order valence-corrected chi connectivity index (χ4v) is 2.67. The standard InChI is InChI=1S/C89H2/c1-3-5-7-9-11-13-15-17-19-21-23-25-27-29-31-33-35-37-39-41-43-45-47-49-51-53-55-57-59-61-63-65-67-69-71-73-75-77-79-81-83-85-87-89-88-86-84-82-80-78-76-74-72-70-68-66-64-62-60-58-56-54-52-50-48-46-44-42-40-38-36-34-32-30-28-26-24-22-20-18-16-14-12-10-8-6-4-2/h1H2/q-2. The summed E-state index contributed by atoms with van der Waals surface area (Å²) in [5.41, 5.74) is 0. The summed E-state index contributed by atoms with van der Waals surface area (Å²) in [5.74, 6) is 216. The Labute approximate surface area is 525 Å². The number of rotatable bonds is 0. The van der Waals surface area contributed by atoms with Gasteiger partial charge in [0.15, 0.2) is 0 Å². The summed E-state index contributed by atoms with van der Waals surface area (Å²) in [6, 6.07) is 0. The van der Waals surface area contributed by atoms with Gasteiger partial charge in [0.1, 0.15) is 0 Å². The van der Waals surface area contributed by atoms with E-state index in [2.05, 4.69) is 516 Å². The Balaban J connectivity index is 4.63. The van der Waals surface area contributed by atoms with Gasteiger partial charge in [-0.2, -0.15) is 6.92 Å². The molecule has 360 valence electrons. The third kappa shape index (κ3) is 68.5. The molecule has 0 spiro atoms. The van der Waals surface area contributed by atoms with Crippen LogP contribution in [0.4, 0.5) is 0 Å². The van der Waals surface area contributed by atoms with Gasteiger partial charge in [-0.25, -0.2) is 11.8 Å². The molecule has 0 nitrogen and oxygen atoms in total. The highest BCUT2D eigenvalue weighted by molar-refractivity contribution is 5.55. The zero-order valence-corrected chi connectivity index (χ0v) is 44.7. The lowest BCUT2D eigenvalue weighted by atomic mass is 10.4. The minimum Gasteiger partial charge on any atom is -0.358 e. The van der Waals surface area contributed by atoms with Crippen molar-refractivity contribution in [1.82, 2.24) is 0 Å². The minimum absolute atomic E-state index is 1.87. The van der Waals surface area contributed by atoms with Crippen LogP contribution in [0.3, 0.4) is 0 Å². The van der Waals surface area contributed by atoms with Crippen LogP contribution in [0.25, 0.3) is 0 Å². The van der Waals surface area contributed by atoms with Crippen LogP contribution in [0.1, 0.15) is 0 Å². The van der Waals surface area contributed by atoms with Crippen molar-refractivity contribution >= 4 is 0 Å². The molecule has 0 saturated carbocycles. The largest absolute Gasteiger partial charge is 0.358 e. The lowest BCUT2D eigenvalue weighted by molar-refractivity contribution is 2.31. The van der Waals surface area contributed by atoms with Gasteiger partial charge in [-0.3, -0.25) is 11.8 Å². The monoisotopic (exact) mass is 1070 g/mol. The normalized spacial score (nSPS) is 3.94. The molecule has 0 aliphatic rings. The molecule has 0 aromatic heterocycles. The van der Waals surface area contributed by atoms with Gasteiger partial charge in [-0.1, -0.05) is 0 Å². The Morgan fingerprint density at radius 1 is 0.0899 bits per heavy atom. The first-order chi connectivity index (χ1) is 44.4. The van der Waals surface area contributed by atoms with Crippen molar-refractivity contribution in [3.63, 3.8) is 0 Å². The Morgan fingerprint density at radius 3 is 0.202 bits per heavy atom. The summed E-state index contributed by atoms with van der Waals surface area (Å²) in [6.45, 7) is 3.32. The summed E-state index contributed by atoms with van der Waals surface area (Å²) in [6.07, 6.45) is 6.58. The van der Waals surface area contributed by atoms with Crippen molar-refractivity contribution in [2.45, 2.75) is 0 Å². The average molecular weight is 1070 g/mol. The molecule has 0 fully saturated rings. The summed E-state index contributed by atoms with van der Waals surface area (Å²) in [5, 5.41) is 0. The SMILES string of the molecule is [C-]#CC#CC#CC#CC#CC#CC#CC#CC#CC#CC#CC#CC#CC#CC#CC#CC#CC#CC#CC#CC#CC#CC#CC#CC#CC#CC#CC#CC#CC#CC#CC#CC#CC#CC#CC#CC#CC#CC#CC#CC#CC#CC#CC#C[CH2-]. The first-order valence-corrected chi connectivity index (χ1v) is 22.1. The van der Waals surface area contributed by atoms with Crippen LogP contribution in [-0.2, 0) is 0 Å². The average Bonchev–Trinajstić information content (AvgIpc) is 3.54. The van der Waals surface area contributed by atoms with Crippen molar-refractivity contribution < 1.29 is 0 Å². The van der Waals surface area contributed by atoms with Crippen LogP contribution in [0.2, 0.25) is 0 Å². The topological polar surface area (TPSA) is 0 Å². The molecule has 89 heavy (non-hydrogen) atoms. The molecule has 0 aliphatic carbocycles. The van der Waals surface area contributed by atoms with Gasteiger partial charge in [0, 0.05) is 385 Å². The van der Waals surface area contributed by atoms with Crippen LogP contribution < -0.4 is 0 Å². The molecule has 0 N–H and O–H groups in total. The van der Waals surface area contributed by atoms with Gasteiger partial charge < -0.3 is 6.42 Å². The van der Waals surface area contributed by atoms with E-state index in [1.165, 1.54) is 0 Å². The third-order valence-corrected chi connectivity index (χ3v) is 5.40. The van der Waals surface area contributed by atoms with E-state index in [4.69, 9.17) is 6.42 Å². The fraction of sp³-hybridized carbons (Fsp3) is 0. The highest BCUT2D eigenvalue weighted by Crippen LogP contribution is 1.66. The fourth-order valence-electron chi connectivity index (χ4n) is 2.67. The molecule has 0 rings (SSSR count). The van der Waals surface area contributed by atoms with E-state index >= 15 is 0 Å². The molecule has 0 heteroatoms. The van der Waals surface area contributed by atoms with Crippen LogP contribution in [0.15, 0.2) is 0 Å². The first kappa shape index (κ1) is 69.5. The second-order valence-corrected chi connectivity index (χ2v) is 10.9. The Kier molecular flexibility index (Phi) is 53.5. The zero-order valence-electron chi connectivity index (χ0n) is 44.7. The highest BCUT2D eigenvalue weighted by Gasteiger charge is 1.65. The molecule has 0 radical (unpaired) electrons.